The molecule has 1 atom stereocenters. The first-order chi connectivity index (χ1) is 8.41. The van der Waals surface area contributed by atoms with E-state index in [1.165, 1.54) is 30.5 Å². The van der Waals surface area contributed by atoms with Gasteiger partial charge in [-0.3, -0.25) is 0 Å². The van der Waals surface area contributed by atoms with Gasteiger partial charge in [-0.2, -0.15) is 13.2 Å². The van der Waals surface area contributed by atoms with Crippen LogP contribution in [0.15, 0.2) is 41.0 Å². The van der Waals surface area contributed by atoms with Crippen LogP contribution in [0.2, 0.25) is 0 Å². The van der Waals surface area contributed by atoms with Gasteiger partial charge in [-0.25, -0.2) is 0 Å². The summed E-state index contributed by atoms with van der Waals surface area (Å²) in [6, 6.07) is 6.44. The third kappa shape index (κ3) is 2.26. The summed E-state index contributed by atoms with van der Waals surface area (Å²) in [5.74, 6) is 0.402. The number of aliphatic hydroxyl groups is 1. The molecule has 0 spiro atoms. The van der Waals surface area contributed by atoms with Crippen LogP contribution >= 0.6 is 0 Å². The largest absolute Gasteiger partial charge is 0.469 e. The van der Waals surface area contributed by atoms with E-state index in [1.54, 1.807) is 6.92 Å². The number of alkyl halides is 3. The zero-order chi connectivity index (χ0) is 13.3. The predicted molar refractivity (Wildman–Crippen MR) is 59.0 cm³/mol. The van der Waals surface area contributed by atoms with Crippen molar-refractivity contribution in [2.45, 2.75) is 19.2 Å². The molecule has 1 aromatic carbocycles. The molecule has 1 unspecified atom stereocenters. The zero-order valence-electron chi connectivity index (χ0n) is 9.53. The summed E-state index contributed by atoms with van der Waals surface area (Å²) in [4.78, 5) is 0. The van der Waals surface area contributed by atoms with Crippen LogP contribution in [0.5, 0.6) is 0 Å². The average molecular weight is 256 g/mol. The topological polar surface area (TPSA) is 33.4 Å². The molecule has 18 heavy (non-hydrogen) atoms. The Labute approximate surface area is 102 Å². The second-order valence-electron chi connectivity index (χ2n) is 3.92. The van der Waals surface area contributed by atoms with Gasteiger partial charge in [-0.05, 0) is 24.6 Å². The summed E-state index contributed by atoms with van der Waals surface area (Å²) in [5.41, 5.74) is -0.667. The van der Waals surface area contributed by atoms with E-state index in [2.05, 4.69) is 0 Å². The Hall–Kier alpha value is -1.75. The fourth-order valence-corrected chi connectivity index (χ4v) is 1.84. The molecular weight excluding hydrogens is 245 g/mol. The number of aryl methyl sites for hydroxylation is 1. The highest BCUT2D eigenvalue weighted by Gasteiger charge is 2.35. The Morgan fingerprint density at radius 3 is 2.33 bits per heavy atom. The molecule has 1 aromatic heterocycles. The molecule has 0 aliphatic heterocycles. The van der Waals surface area contributed by atoms with Crippen LogP contribution in [-0.2, 0) is 6.18 Å². The number of hydrogen-bond donors (Lipinski definition) is 1. The molecule has 96 valence electrons. The molecule has 0 saturated heterocycles. The standard InChI is InChI=1S/C13H11F3O2/c1-8-9(6-7-18-8)12(17)10-4-2-3-5-11(10)13(14,15)16/h2-7,12,17H,1H3. The lowest BCUT2D eigenvalue weighted by atomic mass is 9.97. The SMILES string of the molecule is Cc1occc1C(O)c1ccccc1C(F)(F)F. The first-order valence-corrected chi connectivity index (χ1v) is 5.29. The van der Waals surface area contributed by atoms with Crippen molar-refractivity contribution < 1.29 is 22.7 Å². The minimum atomic E-state index is -4.49. The number of rotatable bonds is 2. The molecule has 0 aliphatic carbocycles. The van der Waals surface area contributed by atoms with Gasteiger partial charge in [0.1, 0.15) is 11.9 Å². The molecule has 0 radical (unpaired) electrons. The maximum atomic E-state index is 12.8. The minimum absolute atomic E-state index is 0.172. The Morgan fingerprint density at radius 1 is 1.11 bits per heavy atom. The Balaban J connectivity index is 2.49. The van der Waals surface area contributed by atoms with Crippen LogP contribution in [0.3, 0.4) is 0 Å². The van der Waals surface area contributed by atoms with Crippen LogP contribution < -0.4 is 0 Å². The van der Waals surface area contributed by atoms with E-state index < -0.39 is 17.8 Å². The number of aliphatic hydroxyl groups excluding tert-OH is 1. The van der Waals surface area contributed by atoms with Gasteiger partial charge in [-0.15, -0.1) is 0 Å². The fourth-order valence-electron chi connectivity index (χ4n) is 1.84. The van der Waals surface area contributed by atoms with Gasteiger partial charge in [-0.1, -0.05) is 18.2 Å². The molecule has 5 heteroatoms. The number of hydrogen-bond acceptors (Lipinski definition) is 2. The molecule has 0 bridgehead atoms. The third-order valence-electron chi connectivity index (χ3n) is 2.75. The van der Waals surface area contributed by atoms with E-state index in [0.29, 0.717) is 11.3 Å². The Morgan fingerprint density at radius 2 is 1.78 bits per heavy atom. The van der Waals surface area contributed by atoms with Crippen molar-refractivity contribution in [3.63, 3.8) is 0 Å². The number of benzene rings is 1. The fraction of sp³-hybridized carbons (Fsp3) is 0.231. The van der Waals surface area contributed by atoms with Gasteiger partial charge >= 0.3 is 6.18 Å². The van der Waals surface area contributed by atoms with E-state index in [1.807, 2.05) is 0 Å². The summed E-state index contributed by atoms with van der Waals surface area (Å²) in [6.07, 6.45) is -4.50. The normalized spacial score (nSPS) is 13.6. The highest BCUT2D eigenvalue weighted by atomic mass is 19.4. The molecule has 0 aliphatic rings. The predicted octanol–water partition coefficient (Wildman–Crippen LogP) is 3.69. The summed E-state index contributed by atoms with van der Waals surface area (Å²) in [7, 11) is 0. The van der Waals surface area contributed by atoms with Crippen molar-refractivity contribution in [1.82, 2.24) is 0 Å². The van der Waals surface area contributed by atoms with Gasteiger partial charge in [0.05, 0.1) is 11.8 Å². The van der Waals surface area contributed by atoms with Crippen LogP contribution in [0.4, 0.5) is 13.2 Å². The Kier molecular flexibility index (Phi) is 3.17. The highest BCUT2D eigenvalue weighted by Crippen LogP contribution is 2.37. The second kappa shape index (κ2) is 4.49. The van der Waals surface area contributed by atoms with Crippen LogP contribution in [0.1, 0.15) is 28.6 Å². The zero-order valence-corrected chi connectivity index (χ0v) is 9.53. The average Bonchev–Trinajstić information content (AvgIpc) is 2.73. The maximum absolute atomic E-state index is 12.8. The van der Waals surface area contributed by atoms with Crippen molar-refractivity contribution in [2.75, 3.05) is 0 Å². The molecule has 1 N–H and O–H groups in total. The molecular formula is C13H11F3O2. The lowest BCUT2D eigenvalue weighted by Gasteiger charge is -2.17. The number of halogens is 3. The van der Waals surface area contributed by atoms with Crippen molar-refractivity contribution in [2.24, 2.45) is 0 Å². The molecule has 1 heterocycles. The monoisotopic (exact) mass is 256 g/mol. The van der Waals surface area contributed by atoms with E-state index in [0.717, 1.165) is 6.07 Å². The van der Waals surface area contributed by atoms with E-state index in [-0.39, 0.29) is 5.56 Å². The first kappa shape index (κ1) is 12.7. The second-order valence-corrected chi connectivity index (χ2v) is 3.92. The van der Waals surface area contributed by atoms with Gasteiger partial charge in [0, 0.05) is 5.56 Å². The van der Waals surface area contributed by atoms with Crippen molar-refractivity contribution in [3.8, 4) is 0 Å². The molecule has 2 rings (SSSR count). The van der Waals surface area contributed by atoms with Gasteiger partial charge < -0.3 is 9.52 Å². The van der Waals surface area contributed by atoms with Gasteiger partial charge in [0.2, 0.25) is 0 Å². The lowest BCUT2D eigenvalue weighted by molar-refractivity contribution is -0.139. The molecule has 0 saturated carbocycles. The van der Waals surface area contributed by atoms with Gasteiger partial charge in [0.15, 0.2) is 0 Å². The number of furan rings is 1. The third-order valence-corrected chi connectivity index (χ3v) is 2.75. The van der Waals surface area contributed by atoms with Gasteiger partial charge in [0.25, 0.3) is 0 Å². The molecule has 2 nitrogen and oxygen atoms in total. The summed E-state index contributed by atoms with van der Waals surface area (Å²) in [5, 5.41) is 10.0. The highest BCUT2D eigenvalue weighted by molar-refractivity contribution is 5.38. The van der Waals surface area contributed by atoms with E-state index >= 15 is 0 Å². The van der Waals surface area contributed by atoms with Crippen molar-refractivity contribution in [1.29, 1.82) is 0 Å². The summed E-state index contributed by atoms with van der Waals surface area (Å²) in [6.45, 7) is 1.59. The van der Waals surface area contributed by atoms with E-state index in [9.17, 15) is 18.3 Å². The summed E-state index contributed by atoms with van der Waals surface area (Å²) >= 11 is 0. The molecule has 0 fully saturated rings. The van der Waals surface area contributed by atoms with Crippen LogP contribution in [0, 0.1) is 6.92 Å². The molecule has 0 amide bonds. The van der Waals surface area contributed by atoms with E-state index in [4.69, 9.17) is 4.42 Å². The van der Waals surface area contributed by atoms with Crippen molar-refractivity contribution >= 4 is 0 Å². The lowest BCUT2D eigenvalue weighted by Crippen LogP contribution is -2.12. The quantitative estimate of drug-likeness (QED) is 0.889. The Bertz CT molecular complexity index is 543. The molecule has 2 aromatic rings. The first-order valence-electron chi connectivity index (χ1n) is 5.29. The van der Waals surface area contributed by atoms with Crippen molar-refractivity contribution in [3.05, 3.63) is 59.0 Å². The van der Waals surface area contributed by atoms with Crippen LogP contribution in [-0.4, -0.2) is 5.11 Å². The smallest absolute Gasteiger partial charge is 0.416 e. The minimum Gasteiger partial charge on any atom is -0.469 e. The summed E-state index contributed by atoms with van der Waals surface area (Å²) < 4.78 is 43.4. The maximum Gasteiger partial charge on any atom is 0.416 e. The van der Waals surface area contributed by atoms with Crippen LogP contribution in [0.25, 0.3) is 0 Å².